The zero-order chi connectivity index (χ0) is 19.6. The molecular formula is C18H15N3O5S. The van der Waals surface area contributed by atoms with Crippen molar-refractivity contribution in [3.63, 3.8) is 0 Å². The van der Waals surface area contributed by atoms with Crippen LogP contribution in [0.5, 0.6) is 5.75 Å². The van der Waals surface area contributed by atoms with Crippen molar-refractivity contribution in [3.8, 4) is 5.75 Å². The second kappa shape index (κ2) is 7.04. The van der Waals surface area contributed by atoms with Crippen molar-refractivity contribution in [2.45, 2.75) is 11.8 Å². The first-order valence-electron chi connectivity index (χ1n) is 7.80. The molecule has 0 radical (unpaired) electrons. The van der Waals surface area contributed by atoms with Crippen molar-refractivity contribution in [1.82, 2.24) is 4.83 Å². The van der Waals surface area contributed by atoms with E-state index in [1.807, 2.05) is 17.0 Å². The minimum atomic E-state index is -4.10. The number of rotatable bonds is 5. The first-order chi connectivity index (χ1) is 12.8. The Hall–Kier alpha value is -3.46. The second-order valence-electron chi connectivity index (χ2n) is 5.78. The molecule has 0 heterocycles. The van der Waals surface area contributed by atoms with Gasteiger partial charge in [0.1, 0.15) is 5.75 Å². The third kappa shape index (κ3) is 3.72. The number of aromatic hydroxyl groups is 1. The molecule has 0 spiro atoms. The summed E-state index contributed by atoms with van der Waals surface area (Å²) in [6.45, 7) is 1.52. The van der Waals surface area contributed by atoms with Crippen molar-refractivity contribution < 1.29 is 18.4 Å². The van der Waals surface area contributed by atoms with Gasteiger partial charge in [-0.2, -0.15) is 13.5 Å². The molecule has 0 saturated carbocycles. The fraction of sp³-hybridized carbons (Fsp3) is 0.0556. The van der Waals surface area contributed by atoms with E-state index in [4.69, 9.17) is 0 Å². The van der Waals surface area contributed by atoms with E-state index in [9.17, 15) is 23.6 Å². The van der Waals surface area contributed by atoms with Crippen molar-refractivity contribution in [1.29, 1.82) is 0 Å². The first kappa shape index (κ1) is 18.3. The number of phenolic OH excluding ortho intramolecular Hbond substituents is 1. The number of hydrazone groups is 1. The summed E-state index contributed by atoms with van der Waals surface area (Å²) in [7, 11) is -4.10. The number of phenols is 1. The SMILES string of the molecule is Cc1ccc(S(=O)(=O)NN=Cc2c(O)ccc3ccccc23)cc1[N+](=O)[O-]. The summed E-state index contributed by atoms with van der Waals surface area (Å²) in [5.41, 5.74) is 0.405. The van der Waals surface area contributed by atoms with Gasteiger partial charge in [0.25, 0.3) is 15.7 Å². The smallest absolute Gasteiger partial charge is 0.276 e. The molecule has 0 aliphatic heterocycles. The largest absolute Gasteiger partial charge is 0.507 e. The molecule has 3 aromatic carbocycles. The van der Waals surface area contributed by atoms with Crippen molar-refractivity contribution in [2.24, 2.45) is 5.10 Å². The Kier molecular flexibility index (Phi) is 4.78. The maximum atomic E-state index is 12.3. The van der Waals surface area contributed by atoms with Crippen LogP contribution in [0.4, 0.5) is 5.69 Å². The molecule has 2 N–H and O–H groups in total. The number of sulfonamides is 1. The maximum absolute atomic E-state index is 12.3. The van der Waals surface area contributed by atoms with E-state index in [0.29, 0.717) is 16.5 Å². The molecule has 0 amide bonds. The monoisotopic (exact) mass is 385 g/mol. The number of benzene rings is 3. The Morgan fingerprint density at radius 1 is 1.15 bits per heavy atom. The number of hydrogen-bond donors (Lipinski definition) is 2. The lowest BCUT2D eigenvalue weighted by molar-refractivity contribution is -0.385. The highest BCUT2D eigenvalue weighted by Gasteiger charge is 2.19. The quantitative estimate of drug-likeness (QED) is 0.397. The first-order valence-corrected chi connectivity index (χ1v) is 9.28. The van der Waals surface area contributed by atoms with Crippen LogP contribution in [-0.2, 0) is 10.0 Å². The van der Waals surface area contributed by atoms with E-state index in [-0.39, 0.29) is 16.3 Å². The average molecular weight is 385 g/mol. The standard InChI is InChI=1S/C18H15N3O5S/c1-12-6-8-14(10-17(12)21(23)24)27(25,26)20-19-11-16-15-5-3-2-4-13(15)7-9-18(16)22/h2-11,20,22H,1H3. The predicted molar refractivity (Wildman–Crippen MR) is 101 cm³/mol. The summed E-state index contributed by atoms with van der Waals surface area (Å²) >= 11 is 0. The number of hydrogen-bond acceptors (Lipinski definition) is 6. The molecule has 27 heavy (non-hydrogen) atoms. The van der Waals surface area contributed by atoms with Crippen LogP contribution in [0.1, 0.15) is 11.1 Å². The summed E-state index contributed by atoms with van der Waals surface area (Å²) in [6, 6.07) is 14.1. The van der Waals surface area contributed by atoms with Gasteiger partial charge in [-0.1, -0.05) is 36.4 Å². The molecule has 0 unspecified atom stereocenters. The van der Waals surface area contributed by atoms with Gasteiger partial charge in [0.15, 0.2) is 0 Å². The molecule has 0 bridgehead atoms. The molecule has 0 atom stereocenters. The van der Waals surface area contributed by atoms with Crippen LogP contribution in [0.25, 0.3) is 10.8 Å². The topological polar surface area (TPSA) is 122 Å². The van der Waals surface area contributed by atoms with E-state index in [1.54, 1.807) is 18.2 Å². The summed E-state index contributed by atoms with van der Waals surface area (Å²) < 4.78 is 24.7. The minimum absolute atomic E-state index is 0.0531. The third-order valence-corrected chi connectivity index (χ3v) is 5.22. The number of nitro benzene ring substituents is 1. The molecule has 0 aromatic heterocycles. The van der Waals surface area contributed by atoms with Gasteiger partial charge in [0, 0.05) is 17.2 Å². The van der Waals surface area contributed by atoms with E-state index in [0.717, 1.165) is 11.5 Å². The summed E-state index contributed by atoms with van der Waals surface area (Å²) in [5.74, 6) is -0.0531. The Bertz CT molecular complexity index is 1170. The van der Waals surface area contributed by atoms with Crippen LogP contribution in [0.3, 0.4) is 0 Å². The van der Waals surface area contributed by atoms with Crippen LogP contribution in [0.15, 0.2) is 64.6 Å². The predicted octanol–water partition coefficient (Wildman–Crippen LogP) is 3.07. The Labute approximate surface area is 155 Å². The lowest BCUT2D eigenvalue weighted by atomic mass is 10.0. The third-order valence-electron chi connectivity index (χ3n) is 4.00. The maximum Gasteiger partial charge on any atom is 0.276 e. The second-order valence-corrected chi connectivity index (χ2v) is 7.44. The fourth-order valence-corrected chi connectivity index (χ4v) is 3.40. The van der Waals surface area contributed by atoms with Gasteiger partial charge >= 0.3 is 0 Å². The van der Waals surface area contributed by atoms with E-state index < -0.39 is 14.9 Å². The van der Waals surface area contributed by atoms with Gasteiger partial charge < -0.3 is 5.11 Å². The lowest BCUT2D eigenvalue weighted by Crippen LogP contribution is -2.18. The average Bonchev–Trinajstić information content (AvgIpc) is 2.63. The molecule has 0 saturated heterocycles. The van der Waals surface area contributed by atoms with Crippen LogP contribution in [0, 0.1) is 17.0 Å². The Balaban J connectivity index is 1.92. The van der Waals surface area contributed by atoms with Crippen molar-refractivity contribution in [3.05, 3.63) is 75.8 Å². The highest BCUT2D eigenvalue weighted by atomic mass is 32.2. The van der Waals surface area contributed by atoms with E-state index in [2.05, 4.69) is 5.10 Å². The van der Waals surface area contributed by atoms with Crippen LogP contribution >= 0.6 is 0 Å². The lowest BCUT2D eigenvalue weighted by Gasteiger charge is -2.06. The van der Waals surface area contributed by atoms with Gasteiger partial charge in [-0.3, -0.25) is 10.1 Å². The number of fused-ring (bicyclic) bond motifs is 1. The molecule has 3 rings (SSSR count). The molecule has 0 aliphatic carbocycles. The molecule has 9 heteroatoms. The summed E-state index contributed by atoms with van der Waals surface area (Å²) in [5, 5.41) is 26.3. The van der Waals surface area contributed by atoms with E-state index >= 15 is 0 Å². The van der Waals surface area contributed by atoms with Crippen LogP contribution < -0.4 is 4.83 Å². The van der Waals surface area contributed by atoms with E-state index in [1.165, 1.54) is 31.3 Å². The van der Waals surface area contributed by atoms with Gasteiger partial charge in [-0.25, -0.2) is 4.83 Å². The minimum Gasteiger partial charge on any atom is -0.507 e. The Morgan fingerprint density at radius 2 is 1.89 bits per heavy atom. The number of nitrogens with one attached hydrogen (secondary N) is 1. The fourth-order valence-electron chi connectivity index (χ4n) is 2.59. The zero-order valence-electron chi connectivity index (χ0n) is 14.2. The highest BCUT2D eigenvalue weighted by Crippen LogP contribution is 2.25. The Morgan fingerprint density at radius 3 is 2.63 bits per heavy atom. The summed E-state index contributed by atoms with van der Waals surface area (Å²) in [4.78, 5) is 12.1. The molecule has 0 fully saturated rings. The zero-order valence-corrected chi connectivity index (χ0v) is 15.0. The molecule has 138 valence electrons. The molecule has 3 aromatic rings. The van der Waals surface area contributed by atoms with Gasteiger partial charge in [-0.15, -0.1) is 0 Å². The normalized spacial score (nSPS) is 11.7. The van der Waals surface area contributed by atoms with Crippen LogP contribution in [0.2, 0.25) is 0 Å². The highest BCUT2D eigenvalue weighted by molar-refractivity contribution is 7.89. The van der Waals surface area contributed by atoms with Crippen molar-refractivity contribution >= 4 is 32.7 Å². The van der Waals surface area contributed by atoms with Gasteiger partial charge in [0.2, 0.25) is 0 Å². The van der Waals surface area contributed by atoms with Crippen LogP contribution in [-0.4, -0.2) is 24.7 Å². The number of nitrogens with zero attached hydrogens (tertiary/aromatic N) is 2. The van der Waals surface area contributed by atoms with Crippen molar-refractivity contribution in [2.75, 3.05) is 0 Å². The number of nitro groups is 1. The molecule has 0 aliphatic rings. The van der Waals surface area contributed by atoms with Gasteiger partial charge in [-0.05, 0) is 29.8 Å². The number of aryl methyl sites for hydroxylation is 1. The molecule has 8 nitrogen and oxygen atoms in total. The summed E-state index contributed by atoms with van der Waals surface area (Å²) in [6.07, 6.45) is 1.19. The molecular weight excluding hydrogens is 370 g/mol. The van der Waals surface area contributed by atoms with Gasteiger partial charge in [0.05, 0.1) is 16.0 Å².